The van der Waals surface area contributed by atoms with Gasteiger partial charge in [-0.2, -0.15) is 0 Å². The summed E-state index contributed by atoms with van der Waals surface area (Å²) in [7, 11) is -3.22. The molecule has 3 heterocycles. The third-order valence-corrected chi connectivity index (χ3v) is 9.49. The lowest BCUT2D eigenvalue weighted by Gasteiger charge is -2.32. The highest BCUT2D eigenvalue weighted by atomic mass is 32.2. The number of amides is 3. The van der Waals surface area contributed by atoms with Crippen molar-refractivity contribution < 1.29 is 27.2 Å². The standard InChI is InChI=1S/C27H30FN3O5S/c1-2-37(35,36)20-5-3-17(4-6-20)15-30-11-9-18(10-12-30)21-13-19-16-31(27(34)22(19)14-23(21)28)24-7-8-25(32)29-26(24)33/h3-6,13-14,18,24H,2,7-12,15-16H2,1H3,(H,29,32,33). The van der Waals surface area contributed by atoms with E-state index >= 15 is 4.39 Å². The van der Waals surface area contributed by atoms with Crippen LogP contribution in [-0.2, 0) is 32.5 Å². The van der Waals surface area contributed by atoms with Crippen LogP contribution in [0.4, 0.5) is 4.39 Å². The van der Waals surface area contributed by atoms with Crippen molar-refractivity contribution in [2.75, 3.05) is 18.8 Å². The zero-order valence-corrected chi connectivity index (χ0v) is 21.5. The van der Waals surface area contributed by atoms with Crippen LogP contribution >= 0.6 is 0 Å². The van der Waals surface area contributed by atoms with Crippen LogP contribution in [0.15, 0.2) is 41.3 Å². The molecule has 1 atom stereocenters. The lowest BCUT2D eigenvalue weighted by Crippen LogP contribution is -2.52. The number of hydrogen-bond acceptors (Lipinski definition) is 6. The number of hydrogen-bond donors (Lipinski definition) is 1. The number of piperidine rings is 2. The average Bonchev–Trinajstić information content (AvgIpc) is 3.19. The van der Waals surface area contributed by atoms with Crippen LogP contribution < -0.4 is 5.32 Å². The second-order valence-electron chi connectivity index (χ2n) is 10.0. The number of carbonyl (C=O) groups excluding carboxylic acids is 3. The van der Waals surface area contributed by atoms with Crippen molar-refractivity contribution in [1.82, 2.24) is 15.1 Å². The molecule has 0 aliphatic carbocycles. The molecule has 0 spiro atoms. The maximum Gasteiger partial charge on any atom is 0.255 e. The highest BCUT2D eigenvalue weighted by Crippen LogP contribution is 2.35. The Balaban J connectivity index is 1.23. The van der Waals surface area contributed by atoms with Crippen molar-refractivity contribution in [1.29, 1.82) is 0 Å². The van der Waals surface area contributed by atoms with Crippen LogP contribution in [0.5, 0.6) is 0 Å². The molecule has 0 bridgehead atoms. The van der Waals surface area contributed by atoms with E-state index < -0.39 is 27.6 Å². The number of rotatable bonds is 6. The van der Waals surface area contributed by atoms with Gasteiger partial charge in [-0.3, -0.25) is 24.6 Å². The Morgan fingerprint density at radius 3 is 2.38 bits per heavy atom. The predicted octanol–water partition coefficient (Wildman–Crippen LogP) is 2.76. The van der Waals surface area contributed by atoms with E-state index in [0.29, 0.717) is 17.0 Å². The number of nitrogens with zero attached hydrogens (tertiary/aromatic N) is 2. The van der Waals surface area contributed by atoms with Crippen LogP contribution in [0.25, 0.3) is 0 Å². The molecule has 2 saturated heterocycles. The van der Waals surface area contributed by atoms with Gasteiger partial charge in [-0.15, -0.1) is 0 Å². The summed E-state index contributed by atoms with van der Waals surface area (Å²) < 4.78 is 39.2. The van der Waals surface area contributed by atoms with Gasteiger partial charge in [0.1, 0.15) is 11.9 Å². The second kappa shape index (κ2) is 9.98. The Labute approximate surface area is 215 Å². The van der Waals surface area contributed by atoms with Crippen LogP contribution in [-0.4, -0.2) is 60.8 Å². The average molecular weight is 528 g/mol. The molecule has 3 aliphatic rings. The Morgan fingerprint density at radius 2 is 1.73 bits per heavy atom. The van der Waals surface area contributed by atoms with Crippen molar-refractivity contribution in [2.24, 2.45) is 0 Å². The number of fused-ring (bicyclic) bond motifs is 1. The lowest BCUT2D eigenvalue weighted by molar-refractivity contribution is -0.136. The first-order valence-electron chi connectivity index (χ1n) is 12.7. The molecule has 10 heteroatoms. The summed E-state index contributed by atoms with van der Waals surface area (Å²) in [6.45, 7) is 4.11. The van der Waals surface area contributed by atoms with E-state index in [4.69, 9.17) is 0 Å². The minimum absolute atomic E-state index is 0.0263. The summed E-state index contributed by atoms with van der Waals surface area (Å²) in [5.74, 6) is -1.50. The van der Waals surface area contributed by atoms with E-state index in [2.05, 4.69) is 10.2 Å². The van der Waals surface area contributed by atoms with Gasteiger partial charge in [0.15, 0.2) is 9.84 Å². The van der Waals surface area contributed by atoms with Crippen molar-refractivity contribution in [3.63, 3.8) is 0 Å². The van der Waals surface area contributed by atoms with Gasteiger partial charge in [0.25, 0.3) is 5.91 Å². The third kappa shape index (κ3) is 5.04. The smallest absolute Gasteiger partial charge is 0.255 e. The molecule has 1 unspecified atom stereocenters. The fourth-order valence-electron chi connectivity index (χ4n) is 5.55. The first-order chi connectivity index (χ1) is 17.7. The van der Waals surface area contributed by atoms with Crippen LogP contribution in [0.3, 0.4) is 0 Å². The molecule has 3 aliphatic heterocycles. The molecule has 0 saturated carbocycles. The van der Waals surface area contributed by atoms with E-state index in [1.54, 1.807) is 25.1 Å². The zero-order valence-electron chi connectivity index (χ0n) is 20.7. The van der Waals surface area contributed by atoms with Gasteiger partial charge >= 0.3 is 0 Å². The van der Waals surface area contributed by atoms with E-state index in [0.717, 1.165) is 37.1 Å². The quantitative estimate of drug-likeness (QED) is 0.580. The third-order valence-electron chi connectivity index (χ3n) is 7.74. The molecule has 0 aromatic heterocycles. The highest BCUT2D eigenvalue weighted by Gasteiger charge is 2.40. The Kier molecular flexibility index (Phi) is 6.89. The number of nitrogens with one attached hydrogen (secondary N) is 1. The first-order valence-corrected chi connectivity index (χ1v) is 14.3. The topological polar surface area (TPSA) is 104 Å². The fourth-order valence-corrected chi connectivity index (χ4v) is 6.43. The van der Waals surface area contributed by atoms with E-state index in [-0.39, 0.29) is 48.4 Å². The van der Waals surface area contributed by atoms with Gasteiger partial charge in [0, 0.05) is 25.1 Å². The maximum absolute atomic E-state index is 15.1. The summed E-state index contributed by atoms with van der Waals surface area (Å²) in [4.78, 5) is 40.7. The van der Waals surface area contributed by atoms with Crippen molar-refractivity contribution in [2.45, 2.75) is 62.6 Å². The van der Waals surface area contributed by atoms with E-state index in [9.17, 15) is 22.8 Å². The molecule has 8 nitrogen and oxygen atoms in total. The summed E-state index contributed by atoms with van der Waals surface area (Å²) in [5.41, 5.74) is 2.64. The summed E-state index contributed by atoms with van der Waals surface area (Å²) in [6, 6.07) is 9.36. The number of benzene rings is 2. The molecule has 2 fully saturated rings. The van der Waals surface area contributed by atoms with Crippen molar-refractivity contribution >= 4 is 27.6 Å². The largest absolute Gasteiger partial charge is 0.322 e. The molecular formula is C27H30FN3O5S. The Morgan fingerprint density at radius 1 is 1.03 bits per heavy atom. The van der Waals surface area contributed by atoms with Crippen LogP contribution in [0.1, 0.15) is 65.6 Å². The molecule has 5 rings (SSSR count). The predicted molar refractivity (Wildman–Crippen MR) is 134 cm³/mol. The van der Waals surface area contributed by atoms with Gasteiger partial charge < -0.3 is 4.90 Å². The molecule has 196 valence electrons. The molecule has 2 aromatic carbocycles. The molecular weight excluding hydrogens is 497 g/mol. The molecule has 1 N–H and O–H groups in total. The monoisotopic (exact) mass is 527 g/mol. The Bertz CT molecular complexity index is 1350. The minimum atomic E-state index is -3.22. The van der Waals surface area contributed by atoms with Gasteiger partial charge in [-0.05, 0) is 73.2 Å². The van der Waals surface area contributed by atoms with Crippen molar-refractivity contribution in [3.8, 4) is 0 Å². The highest BCUT2D eigenvalue weighted by molar-refractivity contribution is 7.91. The molecule has 0 radical (unpaired) electrons. The SMILES string of the molecule is CCS(=O)(=O)c1ccc(CN2CCC(c3cc4c(cc3F)C(=O)N(C3CCC(=O)NC3=O)C4)CC2)cc1. The van der Waals surface area contributed by atoms with E-state index in [1.807, 2.05) is 12.1 Å². The maximum atomic E-state index is 15.1. The zero-order chi connectivity index (χ0) is 26.3. The van der Waals surface area contributed by atoms with Gasteiger partial charge in [0.05, 0.1) is 10.6 Å². The molecule has 3 amide bonds. The van der Waals surface area contributed by atoms with Gasteiger partial charge in [-0.1, -0.05) is 25.1 Å². The molecule has 37 heavy (non-hydrogen) atoms. The summed E-state index contributed by atoms with van der Waals surface area (Å²) >= 11 is 0. The molecule has 2 aromatic rings. The number of sulfone groups is 1. The minimum Gasteiger partial charge on any atom is -0.322 e. The van der Waals surface area contributed by atoms with Gasteiger partial charge in [0.2, 0.25) is 11.8 Å². The Hall–Kier alpha value is -3.11. The second-order valence-corrected chi connectivity index (χ2v) is 12.3. The number of imide groups is 1. The number of carbonyl (C=O) groups is 3. The number of likely N-dealkylation sites (tertiary alicyclic amines) is 1. The summed E-state index contributed by atoms with van der Waals surface area (Å²) in [6.07, 6.45) is 1.98. The lowest BCUT2D eigenvalue weighted by atomic mass is 9.87. The first kappa shape index (κ1) is 25.5. The summed E-state index contributed by atoms with van der Waals surface area (Å²) in [5, 5.41) is 2.28. The van der Waals surface area contributed by atoms with E-state index in [1.165, 1.54) is 11.0 Å². The number of halogens is 1. The van der Waals surface area contributed by atoms with Crippen molar-refractivity contribution in [3.05, 3.63) is 64.5 Å². The fraction of sp³-hybridized carbons (Fsp3) is 0.444. The van der Waals surface area contributed by atoms with Crippen LogP contribution in [0.2, 0.25) is 0 Å². The normalized spacial score (nSPS) is 21.3. The van der Waals surface area contributed by atoms with Crippen LogP contribution in [0, 0.1) is 5.82 Å². The van der Waals surface area contributed by atoms with Gasteiger partial charge in [-0.25, -0.2) is 12.8 Å².